The highest BCUT2D eigenvalue weighted by atomic mass is 79.9. The molecule has 31 heavy (non-hydrogen) atoms. The summed E-state index contributed by atoms with van der Waals surface area (Å²) in [6, 6.07) is 17.7. The lowest BCUT2D eigenvalue weighted by Gasteiger charge is -2.22. The van der Waals surface area contributed by atoms with Crippen molar-refractivity contribution in [2.75, 3.05) is 11.9 Å². The molecule has 0 aliphatic carbocycles. The number of nitrogens with zero attached hydrogens (tertiary/aromatic N) is 1. The van der Waals surface area contributed by atoms with Gasteiger partial charge in [0.1, 0.15) is 5.82 Å². The van der Waals surface area contributed by atoms with Crippen LogP contribution in [-0.2, 0) is 21.4 Å². The number of anilines is 1. The van der Waals surface area contributed by atoms with Crippen molar-refractivity contribution in [2.45, 2.75) is 25.3 Å². The van der Waals surface area contributed by atoms with Crippen molar-refractivity contribution in [3.05, 3.63) is 93.7 Å². The summed E-state index contributed by atoms with van der Waals surface area (Å²) in [5.74, 6) is -1.04. The van der Waals surface area contributed by atoms with Gasteiger partial charge in [0, 0.05) is 16.7 Å². The second-order valence-corrected chi connectivity index (χ2v) is 10.1. The average Bonchev–Trinajstić information content (AvgIpc) is 2.72. The first-order valence-corrected chi connectivity index (χ1v) is 11.8. The maximum atomic E-state index is 13.6. The molecule has 0 radical (unpaired) electrons. The first kappa shape index (κ1) is 23.1. The van der Waals surface area contributed by atoms with Crippen LogP contribution in [0.5, 0.6) is 0 Å². The van der Waals surface area contributed by atoms with Gasteiger partial charge in [-0.1, -0.05) is 51.8 Å². The number of carbonyl (C=O) groups excluding carboxylic acids is 1. The molecular formula is C23H22BrFN2O3S. The quantitative estimate of drug-likeness (QED) is 0.490. The minimum Gasteiger partial charge on any atom is -0.325 e. The molecule has 0 aliphatic heterocycles. The number of nitrogens with one attached hydrogen (secondary N) is 1. The predicted octanol–water partition coefficient (Wildman–Crippen LogP) is 5.03. The van der Waals surface area contributed by atoms with E-state index in [4.69, 9.17) is 0 Å². The number of sulfonamides is 1. The Bertz CT molecular complexity index is 1180. The van der Waals surface area contributed by atoms with Gasteiger partial charge in [-0.05, 0) is 61.4 Å². The zero-order valence-electron chi connectivity index (χ0n) is 17.1. The number of hydrogen-bond acceptors (Lipinski definition) is 3. The predicted molar refractivity (Wildman–Crippen MR) is 123 cm³/mol. The molecule has 1 amide bonds. The summed E-state index contributed by atoms with van der Waals surface area (Å²) in [4.78, 5) is 12.8. The van der Waals surface area contributed by atoms with Gasteiger partial charge < -0.3 is 5.32 Å². The maximum absolute atomic E-state index is 13.6. The van der Waals surface area contributed by atoms with Gasteiger partial charge in [0.15, 0.2) is 0 Å². The summed E-state index contributed by atoms with van der Waals surface area (Å²) in [6.45, 7) is 3.20. The Labute approximate surface area is 190 Å². The molecule has 0 saturated heterocycles. The van der Waals surface area contributed by atoms with E-state index in [0.717, 1.165) is 19.9 Å². The fraction of sp³-hybridized carbons (Fsp3) is 0.174. The molecule has 0 fully saturated rings. The fourth-order valence-electron chi connectivity index (χ4n) is 2.96. The summed E-state index contributed by atoms with van der Waals surface area (Å²) in [5.41, 5.74) is 2.64. The highest BCUT2D eigenvalue weighted by molar-refractivity contribution is 9.10. The van der Waals surface area contributed by atoms with Gasteiger partial charge in [0.2, 0.25) is 15.9 Å². The van der Waals surface area contributed by atoms with E-state index in [2.05, 4.69) is 21.2 Å². The third-order valence-corrected chi connectivity index (χ3v) is 7.06. The van der Waals surface area contributed by atoms with E-state index in [1.807, 2.05) is 19.1 Å². The van der Waals surface area contributed by atoms with Crippen LogP contribution >= 0.6 is 15.9 Å². The lowest BCUT2D eigenvalue weighted by molar-refractivity contribution is -0.116. The summed E-state index contributed by atoms with van der Waals surface area (Å²) in [7, 11) is -3.95. The number of carbonyl (C=O) groups is 1. The molecule has 8 heteroatoms. The second-order valence-electron chi connectivity index (χ2n) is 7.22. The van der Waals surface area contributed by atoms with Crippen molar-refractivity contribution in [3.63, 3.8) is 0 Å². The van der Waals surface area contributed by atoms with Crippen molar-refractivity contribution in [2.24, 2.45) is 0 Å². The molecule has 0 unspecified atom stereocenters. The highest BCUT2D eigenvalue weighted by Gasteiger charge is 2.27. The van der Waals surface area contributed by atoms with Crippen molar-refractivity contribution < 1.29 is 17.6 Å². The van der Waals surface area contributed by atoms with Crippen molar-refractivity contribution in [1.29, 1.82) is 0 Å². The lowest BCUT2D eigenvalue weighted by atomic mass is 10.2. The minimum absolute atomic E-state index is 0.0129. The average molecular weight is 505 g/mol. The van der Waals surface area contributed by atoms with E-state index < -0.39 is 28.3 Å². The van der Waals surface area contributed by atoms with Crippen LogP contribution in [0.2, 0.25) is 0 Å². The monoisotopic (exact) mass is 504 g/mol. The summed E-state index contributed by atoms with van der Waals surface area (Å²) in [6.07, 6.45) is 0. The van der Waals surface area contributed by atoms with E-state index in [1.165, 1.54) is 24.3 Å². The van der Waals surface area contributed by atoms with Gasteiger partial charge in [0.25, 0.3) is 0 Å². The molecule has 0 spiro atoms. The van der Waals surface area contributed by atoms with E-state index in [0.29, 0.717) is 11.3 Å². The molecule has 3 aromatic carbocycles. The van der Waals surface area contributed by atoms with Gasteiger partial charge in [0.05, 0.1) is 11.4 Å². The minimum atomic E-state index is -3.95. The Morgan fingerprint density at radius 1 is 1.00 bits per heavy atom. The molecule has 0 saturated carbocycles. The van der Waals surface area contributed by atoms with Crippen molar-refractivity contribution in [1.82, 2.24) is 4.31 Å². The molecule has 162 valence electrons. The van der Waals surface area contributed by atoms with Crippen molar-refractivity contribution in [3.8, 4) is 0 Å². The fourth-order valence-corrected chi connectivity index (χ4v) is 4.61. The maximum Gasteiger partial charge on any atom is 0.243 e. The van der Waals surface area contributed by atoms with E-state index in [-0.39, 0.29) is 11.4 Å². The van der Waals surface area contributed by atoms with Gasteiger partial charge in [-0.2, -0.15) is 4.31 Å². The topological polar surface area (TPSA) is 66.5 Å². The Morgan fingerprint density at radius 2 is 1.65 bits per heavy atom. The van der Waals surface area contributed by atoms with Crippen LogP contribution in [0.25, 0.3) is 0 Å². The summed E-state index contributed by atoms with van der Waals surface area (Å²) < 4.78 is 42.1. The van der Waals surface area contributed by atoms with Gasteiger partial charge >= 0.3 is 0 Å². The third kappa shape index (κ3) is 6.00. The molecule has 3 rings (SSSR count). The Morgan fingerprint density at radius 3 is 2.29 bits per heavy atom. The Hall–Kier alpha value is -2.55. The number of amides is 1. The zero-order chi connectivity index (χ0) is 22.6. The number of aryl methyl sites for hydroxylation is 2. The number of rotatable bonds is 7. The van der Waals surface area contributed by atoms with Crippen molar-refractivity contribution >= 4 is 37.5 Å². The van der Waals surface area contributed by atoms with Gasteiger partial charge in [-0.3, -0.25) is 4.79 Å². The SMILES string of the molecule is Cc1ccc(S(=O)(=O)N(CC(=O)Nc2cc(F)ccc2C)Cc2ccc(Br)cc2)cc1. The smallest absolute Gasteiger partial charge is 0.243 e. The summed E-state index contributed by atoms with van der Waals surface area (Å²) in [5, 5.41) is 2.62. The molecular weight excluding hydrogens is 483 g/mol. The molecule has 1 N–H and O–H groups in total. The van der Waals surface area contributed by atoms with E-state index >= 15 is 0 Å². The van der Waals surface area contributed by atoms with Crippen LogP contribution in [0, 0.1) is 19.7 Å². The lowest BCUT2D eigenvalue weighted by Crippen LogP contribution is -2.37. The molecule has 0 aromatic heterocycles. The number of halogens is 2. The van der Waals surface area contributed by atoms with E-state index in [1.54, 1.807) is 37.3 Å². The van der Waals surface area contributed by atoms with Crippen LogP contribution in [-0.4, -0.2) is 25.2 Å². The van der Waals surface area contributed by atoms with Crippen LogP contribution in [0.4, 0.5) is 10.1 Å². The van der Waals surface area contributed by atoms with Gasteiger partial charge in [-0.15, -0.1) is 0 Å². The molecule has 0 atom stereocenters. The zero-order valence-corrected chi connectivity index (χ0v) is 19.5. The molecule has 0 bridgehead atoms. The molecule has 5 nitrogen and oxygen atoms in total. The third-order valence-electron chi connectivity index (χ3n) is 4.72. The second kappa shape index (κ2) is 9.72. The normalized spacial score (nSPS) is 11.5. The largest absolute Gasteiger partial charge is 0.325 e. The van der Waals surface area contributed by atoms with Gasteiger partial charge in [-0.25, -0.2) is 12.8 Å². The highest BCUT2D eigenvalue weighted by Crippen LogP contribution is 2.21. The Kier molecular flexibility index (Phi) is 7.25. The standard InChI is InChI=1S/C23H22BrFN2O3S/c1-16-3-11-21(12-4-16)31(29,30)27(14-18-6-8-19(24)9-7-18)15-23(28)26-22-13-20(25)10-5-17(22)2/h3-13H,14-15H2,1-2H3,(H,26,28). The summed E-state index contributed by atoms with van der Waals surface area (Å²) >= 11 is 3.36. The Balaban J connectivity index is 1.89. The van der Waals surface area contributed by atoms with E-state index in [9.17, 15) is 17.6 Å². The molecule has 3 aromatic rings. The van der Waals surface area contributed by atoms with Crippen LogP contribution < -0.4 is 5.32 Å². The van der Waals surface area contributed by atoms with Crippen LogP contribution in [0.1, 0.15) is 16.7 Å². The molecule has 0 heterocycles. The number of hydrogen-bond donors (Lipinski definition) is 1. The van der Waals surface area contributed by atoms with Crippen LogP contribution in [0.3, 0.4) is 0 Å². The first-order valence-electron chi connectivity index (χ1n) is 9.52. The first-order chi connectivity index (χ1) is 14.6. The number of benzene rings is 3. The molecule has 0 aliphatic rings. The van der Waals surface area contributed by atoms with Crippen LogP contribution in [0.15, 0.2) is 76.1 Å².